The van der Waals surface area contributed by atoms with Gasteiger partial charge in [-0.1, -0.05) is 24.3 Å². The molecule has 0 aromatic heterocycles. The van der Waals surface area contributed by atoms with Gasteiger partial charge in [0.2, 0.25) is 0 Å². The van der Waals surface area contributed by atoms with Crippen molar-refractivity contribution < 1.29 is 9.53 Å². The van der Waals surface area contributed by atoms with Gasteiger partial charge in [0.05, 0.1) is 6.61 Å². The van der Waals surface area contributed by atoms with Crippen LogP contribution in [-0.4, -0.2) is 39.1 Å². The topological polar surface area (TPSA) is 74.8 Å². The number of nitrogens with zero attached hydrogens (tertiary/aromatic N) is 1. The van der Waals surface area contributed by atoms with Crippen molar-refractivity contribution in [1.29, 1.82) is 0 Å². The number of hydrogen-bond acceptors (Lipinski definition) is 3. The Bertz CT molecular complexity index is 891. The van der Waals surface area contributed by atoms with Gasteiger partial charge in [0, 0.05) is 38.3 Å². The highest BCUT2D eigenvalue weighted by Crippen LogP contribution is 2.30. The van der Waals surface area contributed by atoms with Crippen molar-refractivity contribution in [2.24, 2.45) is 10.9 Å². The number of hydrogen-bond donors (Lipinski definition) is 3. The van der Waals surface area contributed by atoms with E-state index in [1.165, 1.54) is 18.4 Å². The van der Waals surface area contributed by atoms with E-state index in [0.717, 1.165) is 48.3 Å². The fourth-order valence-electron chi connectivity index (χ4n) is 3.17. The molecule has 0 unspecified atom stereocenters. The number of aryl methyl sites for hydroxylation is 1. The lowest BCUT2D eigenvalue weighted by Gasteiger charge is -2.15. The number of guanidine groups is 1. The summed E-state index contributed by atoms with van der Waals surface area (Å²) < 4.78 is 6.05. The SMILES string of the molecule is CN=C(NCCc1cccc(C(=O)NC)c1)NCc1ccc(C)cc1OCC1CC1. The molecule has 6 heteroatoms. The molecule has 0 spiro atoms. The van der Waals surface area contributed by atoms with Crippen LogP contribution in [0.25, 0.3) is 0 Å². The van der Waals surface area contributed by atoms with Crippen LogP contribution in [0.4, 0.5) is 0 Å². The standard InChI is InChI=1S/C24H32N4O2/c1-17-7-10-21(22(13-17)30-16-19-8-9-19)15-28-24(26-3)27-12-11-18-5-4-6-20(14-18)23(29)25-2/h4-7,10,13-14,19H,8-9,11-12,15-16H2,1-3H3,(H,25,29)(H2,26,27,28). The molecule has 0 aliphatic heterocycles. The Balaban J connectivity index is 1.50. The quantitative estimate of drug-likeness (QED) is 0.440. The minimum atomic E-state index is -0.0694. The Morgan fingerprint density at radius 1 is 1.17 bits per heavy atom. The highest BCUT2D eigenvalue weighted by atomic mass is 16.5. The van der Waals surface area contributed by atoms with Gasteiger partial charge in [-0.25, -0.2) is 0 Å². The third-order valence-electron chi connectivity index (χ3n) is 5.19. The first kappa shape index (κ1) is 21.7. The first-order valence-electron chi connectivity index (χ1n) is 10.6. The van der Waals surface area contributed by atoms with E-state index in [9.17, 15) is 4.79 Å². The number of benzene rings is 2. The molecule has 0 heterocycles. The lowest BCUT2D eigenvalue weighted by Crippen LogP contribution is -2.38. The number of aliphatic imine (C=N–C) groups is 1. The molecule has 1 saturated carbocycles. The minimum Gasteiger partial charge on any atom is -0.493 e. The van der Waals surface area contributed by atoms with Crippen LogP contribution in [0.3, 0.4) is 0 Å². The summed E-state index contributed by atoms with van der Waals surface area (Å²) >= 11 is 0. The molecular weight excluding hydrogens is 376 g/mol. The average Bonchev–Trinajstić information content (AvgIpc) is 3.59. The number of rotatable bonds is 9. The van der Waals surface area contributed by atoms with Crippen molar-refractivity contribution in [3.63, 3.8) is 0 Å². The van der Waals surface area contributed by atoms with Gasteiger partial charge in [-0.3, -0.25) is 9.79 Å². The lowest BCUT2D eigenvalue weighted by molar-refractivity contribution is 0.0963. The fourth-order valence-corrected chi connectivity index (χ4v) is 3.17. The van der Waals surface area contributed by atoms with E-state index in [-0.39, 0.29) is 5.91 Å². The van der Waals surface area contributed by atoms with Crippen molar-refractivity contribution in [1.82, 2.24) is 16.0 Å². The lowest BCUT2D eigenvalue weighted by atomic mass is 10.1. The molecule has 3 N–H and O–H groups in total. The molecule has 6 nitrogen and oxygen atoms in total. The molecular formula is C24H32N4O2. The summed E-state index contributed by atoms with van der Waals surface area (Å²) in [5.74, 6) is 2.35. The second-order valence-electron chi connectivity index (χ2n) is 7.75. The van der Waals surface area contributed by atoms with Crippen LogP contribution in [0.5, 0.6) is 5.75 Å². The molecule has 30 heavy (non-hydrogen) atoms. The van der Waals surface area contributed by atoms with Gasteiger partial charge in [-0.15, -0.1) is 0 Å². The van der Waals surface area contributed by atoms with E-state index in [4.69, 9.17) is 4.74 Å². The number of nitrogens with one attached hydrogen (secondary N) is 3. The number of ether oxygens (including phenoxy) is 1. The molecule has 1 aliphatic rings. The van der Waals surface area contributed by atoms with Crippen molar-refractivity contribution in [3.8, 4) is 5.75 Å². The smallest absolute Gasteiger partial charge is 0.251 e. The van der Waals surface area contributed by atoms with Crippen LogP contribution < -0.4 is 20.7 Å². The summed E-state index contributed by atoms with van der Waals surface area (Å²) in [5, 5.41) is 9.36. The summed E-state index contributed by atoms with van der Waals surface area (Å²) in [5.41, 5.74) is 4.11. The summed E-state index contributed by atoms with van der Waals surface area (Å²) in [7, 11) is 3.41. The van der Waals surface area contributed by atoms with Gasteiger partial charge in [-0.05, 0) is 61.4 Å². The van der Waals surface area contributed by atoms with Crippen LogP contribution in [-0.2, 0) is 13.0 Å². The maximum absolute atomic E-state index is 11.8. The molecule has 0 atom stereocenters. The molecule has 3 rings (SSSR count). The fraction of sp³-hybridized carbons (Fsp3) is 0.417. The van der Waals surface area contributed by atoms with Gasteiger partial charge in [0.1, 0.15) is 5.75 Å². The third-order valence-corrected chi connectivity index (χ3v) is 5.19. The molecule has 160 valence electrons. The van der Waals surface area contributed by atoms with E-state index >= 15 is 0 Å². The number of amides is 1. The van der Waals surface area contributed by atoms with Gasteiger partial charge < -0.3 is 20.7 Å². The van der Waals surface area contributed by atoms with Crippen molar-refractivity contribution in [3.05, 3.63) is 64.7 Å². The summed E-state index contributed by atoms with van der Waals surface area (Å²) in [6, 6.07) is 14.0. The maximum Gasteiger partial charge on any atom is 0.251 e. The van der Waals surface area contributed by atoms with Crippen LogP contribution in [0.1, 0.15) is 39.9 Å². The zero-order valence-corrected chi connectivity index (χ0v) is 18.1. The first-order chi connectivity index (χ1) is 14.6. The van der Waals surface area contributed by atoms with Crippen LogP contribution >= 0.6 is 0 Å². The van der Waals surface area contributed by atoms with E-state index in [0.29, 0.717) is 12.1 Å². The Labute approximate surface area is 179 Å². The molecule has 0 bridgehead atoms. The van der Waals surface area contributed by atoms with Crippen molar-refractivity contribution >= 4 is 11.9 Å². The first-order valence-corrected chi connectivity index (χ1v) is 10.6. The summed E-state index contributed by atoms with van der Waals surface area (Å²) in [6.45, 7) is 4.25. The summed E-state index contributed by atoms with van der Waals surface area (Å²) in [4.78, 5) is 16.1. The second-order valence-corrected chi connectivity index (χ2v) is 7.75. The second kappa shape index (κ2) is 10.7. The predicted molar refractivity (Wildman–Crippen MR) is 121 cm³/mol. The van der Waals surface area contributed by atoms with Crippen LogP contribution in [0, 0.1) is 12.8 Å². The average molecular weight is 409 g/mol. The Morgan fingerprint density at radius 3 is 2.73 bits per heavy atom. The van der Waals surface area contributed by atoms with Crippen LogP contribution in [0.15, 0.2) is 47.5 Å². The van der Waals surface area contributed by atoms with Crippen molar-refractivity contribution in [2.45, 2.75) is 32.7 Å². The van der Waals surface area contributed by atoms with Gasteiger partial charge in [-0.2, -0.15) is 0 Å². The largest absolute Gasteiger partial charge is 0.493 e. The highest BCUT2D eigenvalue weighted by Gasteiger charge is 2.22. The van der Waals surface area contributed by atoms with Crippen molar-refractivity contribution in [2.75, 3.05) is 27.2 Å². The summed E-state index contributed by atoms with van der Waals surface area (Å²) in [6.07, 6.45) is 3.36. The Morgan fingerprint density at radius 2 is 2.00 bits per heavy atom. The normalized spacial score (nSPS) is 13.6. The van der Waals surface area contributed by atoms with Gasteiger partial charge in [0.15, 0.2) is 5.96 Å². The van der Waals surface area contributed by atoms with E-state index < -0.39 is 0 Å². The van der Waals surface area contributed by atoms with E-state index in [1.54, 1.807) is 14.1 Å². The molecule has 1 aliphatic carbocycles. The van der Waals surface area contributed by atoms with Gasteiger partial charge >= 0.3 is 0 Å². The van der Waals surface area contributed by atoms with Crippen LogP contribution in [0.2, 0.25) is 0 Å². The predicted octanol–water partition coefficient (Wildman–Crippen LogP) is 3.05. The zero-order valence-electron chi connectivity index (χ0n) is 18.1. The monoisotopic (exact) mass is 408 g/mol. The zero-order chi connectivity index (χ0) is 21.3. The van der Waals surface area contributed by atoms with E-state index in [1.807, 2.05) is 24.3 Å². The minimum absolute atomic E-state index is 0.0694. The number of carbonyl (C=O) groups is 1. The molecule has 1 fully saturated rings. The van der Waals surface area contributed by atoms with Gasteiger partial charge in [0.25, 0.3) is 5.91 Å². The highest BCUT2D eigenvalue weighted by molar-refractivity contribution is 5.94. The number of carbonyl (C=O) groups excluding carboxylic acids is 1. The third kappa shape index (κ3) is 6.51. The molecule has 1 amide bonds. The van der Waals surface area contributed by atoms with E-state index in [2.05, 4.69) is 46.1 Å². The maximum atomic E-state index is 11.8. The Hall–Kier alpha value is -3.02. The molecule has 2 aromatic rings. The molecule has 2 aromatic carbocycles. The Kier molecular flexibility index (Phi) is 7.71. The molecule has 0 radical (unpaired) electrons. The molecule has 0 saturated heterocycles.